The molecule has 0 atom stereocenters. The van der Waals surface area contributed by atoms with Gasteiger partial charge in [-0.05, 0) is 84.9 Å². The van der Waals surface area contributed by atoms with Crippen LogP contribution in [0.25, 0.3) is 82.7 Å². The van der Waals surface area contributed by atoms with Gasteiger partial charge < -0.3 is 0 Å². The maximum Gasteiger partial charge on any atom is 0.146 e. The number of hydrogen-bond acceptors (Lipinski definition) is 1. The Kier molecular flexibility index (Phi) is 4.78. The third-order valence-electron chi connectivity index (χ3n) is 8.68. The summed E-state index contributed by atoms with van der Waals surface area (Å²) in [6.07, 6.45) is 0. The van der Waals surface area contributed by atoms with Crippen molar-refractivity contribution in [1.82, 2.24) is 9.55 Å². The summed E-state index contributed by atoms with van der Waals surface area (Å²) in [6.45, 7) is 0. The Hall–Kier alpha value is -5.99. The molecule has 0 saturated carbocycles. The molecular weight excluding hydrogens is 544 g/mol. The van der Waals surface area contributed by atoms with Gasteiger partial charge in [-0.2, -0.15) is 0 Å². The molecule has 45 heavy (non-hydrogen) atoms. The SMILES string of the molecule is [2H]c1c([2H])c([2H])c(-n2c(-c3ccccc3-c3c4ccccc4c(-c4ccc5ccccc5c4)c4ccccc34)nc3ccccc32)c([2H])c1[2H]. The molecular formula is C43H28N2. The average Bonchev–Trinajstić information content (AvgIpc) is 3.54. The van der Waals surface area contributed by atoms with E-state index < -0.39 is 6.04 Å². The predicted molar refractivity (Wildman–Crippen MR) is 190 cm³/mol. The van der Waals surface area contributed by atoms with E-state index in [1.54, 1.807) is 4.57 Å². The molecule has 0 unspecified atom stereocenters. The molecule has 8 aromatic carbocycles. The van der Waals surface area contributed by atoms with Gasteiger partial charge in [0, 0.05) is 11.3 Å². The summed E-state index contributed by atoms with van der Waals surface area (Å²) < 4.78 is 44.7. The summed E-state index contributed by atoms with van der Waals surface area (Å²) in [5, 5.41) is 6.76. The highest BCUT2D eigenvalue weighted by molar-refractivity contribution is 6.22. The summed E-state index contributed by atoms with van der Waals surface area (Å²) in [7, 11) is 0. The number of fused-ring (bicyclic) bond motifs is 4. The molecule has 0 aliphatic carbocycles. The summed E-state index contributed by atoms with van der Waals surface area (Å²) >= 11 is 0. The van der Waals surface area contributed by atoms with E-state index in [0.29, 0.717) is 16.9 Å². The van der Waals surface area contributed by atoms with E-state index in [1.165, 1.54) is 10.8 Å². The second kappa shape index (κ2) is 10.3. The lowest BCUT2D eigenvalue weighted by Gasteiger charge is -2.20. The molecule has 1 aromatic heterocycles. The van der Waals surface area contributed by atoms with E-state index >= 15 is 0 Å². The lowest BCUT2D eigenvalue weighted by atomic mass is 9.84. The quantitative estimate of drug-likeness (QED) is 0.190. The molecule has 0 aliphatic rings. The largest absolute Gasteiger partial charge is 0.292 e. The molecule has 0 amide bonds. The standard InChI is InChI=1S/C43H28N2/c1-2-16-32(17-3-1)45-40-25-13-12-24-39(40)44-43(45)38-23-11-10-22-37(38)42-35-20-8-6-18-33(35)41(34-19-7-9-21-36(34)42)31-27-26-29-14-4-5-15-30(29)28-31/h1-28H/i1D,2D,3D,16D,17D. The topological polar surface area (TPSA) is 17.8 Å². The number of imidazole rings is 1. The van der Waals surface area contributed by atoms with Crippen LogP contribution >= 0.6 is 0 Å². The molecule has 0 bridgehead atoms. The summed E-state index contributed by atoms with van der Waals surface area (Å²) in [5.41, 5.74) is 6.42. The first-order valence-corrected chi connectivity index (χ1v) is 15.0. The van der Waals surface area contributed by atoms with Gasteiger partial charge >= 0.3 is 0 Å². The third kappa shape index (κ3) is 4.07. The Bertz CT molecular complexity index is 2750. The number of benzene rings is 8. The normalized spacial score (nSPS) is 13.1. The van der Waals surface area contributed by atoms with Gasteiger partial charge in [0.1, 0.15) is 5.82 Å². The smallest absolute Gasteiger partial charge is 0.146 e. The summed E-state index contributed by atoms with van der Waals surface area (Å²) in [4.78, 5) is 5.09. The van der Waals surface area contributed by atoms with Crippen LogP contribution in [0.5, 0.6) is 0 Å². The number of nitrogens with zero attached hydrogens (tertiary/aromatic N) is 2. The van der Waals surface area contributed by atoms with E-state index in [9.17, 15) is 0 Å². The zero-order chi connectivity index (χ0) is 34.1. The van der Waals surface area contributed by atoms with Crippen molar-refractivity contribution in [2.75, 3.05) is 0 Å². The second-order valence-corrected chi connectivity index (χ2v) is 11.2. The van der Waals surface area contributed by atoms with Crippen molar-refractivity contribution in [3.63, 3.8) is 0 Å². The molecule has 0 radical (unpaired) electrons. The fraction of sp³-hybridized carbons (Fsp3) is 0. The van der Waals surface area contributed by atoms with Crippen LogP contribution in [0.4, 0.5) is 0 Å². The maximum absolute atomic E-state index is 8.91. The van der Waals surface area contributed by atoms with Crippen LogP contribution in [0.1, 0.15) is 6.85 Å². The number of rotatable bonds is 4. The summed E-state index contributed by atoms with van der Waals surface area (Å²) in [5.74, 6) is 0.493. The van der Waals surface area contributed by atoms with E-state index in [0.717, 1.165) is 49.4 Å². The highest BCUT2D eigenvalue weighted by Crippen LogP contribution is 2.46. The first-order chi connectivity index (χ1) is 24.4. The molecule has 0 fully saturated rings. The van der Waals surface area contributed by atoms with Gasteiger partial charge in [-0.15, -0.1) is 0 Å². The third-order valence-corrected chi connectivity index (χ3v) is 8.68. The monoisotopic (exact) mass is 577 g/mol. The molecule has 2 nitrogen and oxygen atoms in total. The molecule has 1 heterocycles. The van der Waals surface area contributed by atoms with Crippen LogP contribution in [0.15, 0.2) is 170 Å². The highest BCUT2D eigenvalue weighted by Gasteiger charge is 2.22. The highest BCUT2D eigenvalue weighted by atomic mass is 15.1. The molecule has 0 N–H and O–H groups in total. The van der Waals surface area contributed by atoms with Gasteiger partial charge in [0.15, 0.2) is 0 Å². The number of para-hydroxylation sites is 3. The average molecular weight is 578 g/mol. The zero-order valence-electron chi connectivity index (χ0n) is 29.2. The molecule has 9 aromatic rings. The van der Waals surface area contributed by atoms with Crippen LogP contribution in [0.2, 0.25) is 0 Å². The molecule has 0 aliphatic heterocycles. The van der Waals surface area contributed by atoms with Gasteiger partial charge in [0.05, 0.1) is 17.9 Å². The van der Waals surface area contributed by atoms with Gasteiger partial charge in [0.2, 0.25) is 0 Å². The number of aromatic nitrogens is 2. The lowest BCUT2D eigenvalue weighted by Crippen LogP contribution is -1.99. The Morgan fingerprint density at radius 1 is 0.489 bits per heavy atom. The van der Waals surface area contributed by atoms with Crippen molar-refractivity contribution in [3.8, 4) is 39.3 Å². The van der Waals surface area contributed by atoms with Gasteiger partial charge in [-0.1, -0.05) is 139 Å². The van der Waals surface area contributed by atoms with Crippen LogP contribution < -0.4 is 0 Å². The minimum atomic E-state index is -0.431. The van der Waals surface area contributed by atoms with Crippen LogP contribution in [-0.4, -0.2) is 9.55 Å². The first kappa shape index (κ1) is 20.8. The maximum atomic E-state index is 8.91. The summed E-state index contributed by atoms with van der Waals surface area (Å²) in [6, 6.07) is 45.8. The van der Waals surface area contributed by atoms with Crippen molar-refractivity contribution >= 4 is 43.4 Å². The fourth-order valence-corrected chi connectivity index (χ4v) is 6.76. The first-order valence-electron chi connectivity index (χ1n) is 17.5. The molecule has 2 heteroatoms. The van der Waals surface area contributed by atoms with E-state index in [2.05, 4.69) is 97.1 Å². The minimum absolute atomic E-state index is 0.0656. The Balaban J connectivity index is 1.39. The van der Waals surface area contributed by atoms with Crippen LogP contribution in [-0.2, 0) is 0 Å². The van der Waals surface area contributed by atoms with Crippen molar-refractivity contribution in [3.05, 3.63) is 170 Å². The van der Waals surface area contributed by atoms with Crippen molar-refractivity contribution in [2.45, 2.75) is 0 Å². The van der Waals surface area contributed by atoms with Gasteiger partial charge in [-0.3, -0.25) is 4.57 Å². The zero-order valence-corrected chi connectivity index (χ0v) is 24.2. The van der Waals surface area contributed by atoms with E-state index in [1.807, 2.05) is 42.5 Å². The predicted octanol–water partition coefficient (Wildman–Crippen LogP) is 11.5. The van der Waals surface area contributed by atoms with E-state index in [4.69, 9.17) is 11.8 Å². The Morgan fingerprint density at radius 3 is 1.80 bits per heavy atom. The minimum Gasteiger partial charge on any atom is -0.292 e. The lowest BCUT2D eigenvalue weighted by molar-refractivity contribution is 1.10. The molecule has 9 rings (SSSR count). The fourth-order valence-electron chi connectivity index (χ4n) is 6.76. The number of hydrogen-bond donors (Lipinski definition) is 0. The Morgan fingerprint density at radius 2 is 1.07 bits per heavy atom. The van der Waals surface area contributed by atoms with Crippen molar-refractivity contribution < 1.29 is 6.85 Å². The molecule has 0 saturated heterocycles. The second-order valence-electron chi connectivity index (χ2n) is 11.2. The van der Waals surface area contributed by atoms with Crippen LogP contribution in [0, 0.1) is 0 Å². The Labute approximate surface area is 268 Å². The molecule has 210 valence electrons. The van der Waals surface area contributed by atoms with Crippen molar-refractivity contribution in [1.29, 1.82) is 0 Å². The molecule has 0 spiro atoms. The van der Waals surface area contributed by atoms with E-state index in [-0.39, 0.29) is 29.9 Å². The van der Waals surface area contributed by atoms with Crippen molar-refractivity contribution in [2.24, 2.45) is 0 Å². The van der Waals surface area contributed by atoms with Gasteiger partial charge in [0.25, 0.3) is 0 Å². The van der Waals surface area contributed by atoms with Gasteiger partial charge in [-0.25, -0.2) is 4.98 Å². The van der Waals surface area contributed by atoms with Crippen LogP contribution in [0.3, 0.4) is 0 Å².